The second kappa shape index (κ2) is 2.95. The molecule has 12 heavy (non-hydrogen) atoms. The van der Waals surface area contributed by atoms with Crippen LogP contribution in [0.25, 0.3) is 0 Å². The van der Waals surface area contributed by atoms with Crippen molar-refractivity contribution >= 4 is 11.6 Å². The first kappa shape index (κ1) is 6.71. The predicted octanol–water partition coefficient (Wildman–Crippen LogP) is 1.55. The van der Waals surface area contributed by atoms with Gasteiger partial charge in [0.2, 0.25) is 5.95 Å². The van der Waals surface area contributed by atoms with Crippen molar-refractivity contribution in [3.05, 3.63) is 24.8 Å². The molecule has 0 atom stereocenters. The number of nitrogens with zero attached hydrogens (tertiary/aromatic N) is 4. The molecular weight excluding hydrogens is 156 g/mol. The van der Waals surface area contributed by atoms with Crippen LogP contribution < -0.4 is 0 Å². The zero-order chi connectivity index (χ0) is 8.23. The normalized spacial score (nSPS) is 11.0. The molecule has 6 heteroatoms. The van der Waals surface area contributed by atoms with Gasteiger partial charge in [-0.15, -0.1) is 10.2 Å². The second-order valence-corrected chi connectivity index (χ2v) is 2.07. The fourth-order valence-corrected chi connectivity index (χ4v) is 0.715. The van der Waals surface area contributed by atoms with Crippen molar-refractivity contribution in [3.8, 4) is 0 Å². The summed E-state index contributed by atoms with van der Waals surface area (Å²) < 4.78 is 0. The summed E-state index contributed by atoms with van der Waals surface area (Å²) >= 11 is 0. The predicted molar refractivity (Wildman–Crippen MR) is 41.4 cm³/mol. The lowest BCUT2D eigenvalue weighted by atomic mass is 10.6. The molecule has 0 saturated carbocycles. The molecule has 0 unspecified atom stereocenters. The quantitative estimate of drug-likeness (QED) is 0.656. The molecule has 0 aliphatic carbocycles. The van der Waals surface area contributed by atoms with Crippen molar-refractivity contribution in [1.82, 2.24) is 20.2 Å². The minimum Gasteiger partial charge on any atom is -0.328 e. The molecule has 0 aliphatic rings. The fourth-order valence-electron chi connectivity index (χ4n) is 0.715. The molecule has 0 amide bonds. The Morgan fingerprint density at radius 1 is 1.33 bits per heavy atom. The SMILES string of the molecule is c1c[nH]c(N=Nc2cn[nH]c2)n1. The summed E-state index contributed by atoms with van der Waals surface area (Å²) in [6.45, 7) is 0. The number of aromatic nitrogens is 4. The maximum atomic E-state index is 3.87. The van der Waals surface area contributed by atoms with Crippen LogP contribution >= 0.6 is 0 Å². The van der Waals surface area contributed by atoms with Gasteiger partial charge in [-0.3, -0.25) is 5.10 Å². The number of hydrogen-bond donors (Lipinski definition) is 2. The number of rotatable bonds is 2. The summed E-state index contributed by atoms with van der Waals surface area (Å²) in [4.78, 5) is 6.67. The molecule has 0 saturated heterocycles. The molecule has 0 radical (unpaired) electrons. The number of azo groups is 1. The van der Waals surface area contributed by atoms with E-state index in [1.807, 2.05) is 0 Å². The standard InChI is InChI=1S/C6H6N6/c1-2-8-6(7-1)12-11-5-3-9-10-4-5/h1-4H,(H,7,8)(H,9,10). The van der Waals surface area contributed by atoms with E-state index in [0.717, 1.165) is 0 Å². The van der Waals surface area contributed by atoms with Gasteiger partial charge in [0, 0.05) is 18.6 Å². The van der Waals surface area contributed by atoms with Crippen LogP contribution in [-0.2, 0) is 0 Å². The van der Waals surface area contributed by atoms with E-state index in [2.05, 4.69) is 30.4 Å². The molecular formula is C6H6N6. The molecule has 0 spiro atoms. The van der Waals surface area contributed by atoms with Gasteiger partial charge >= 0.3 is 0 Å². The molecule has 0 bridgehead atoms. The van der Waals surface area contributed by atoms with E-state index in [9.17, 15) is 0 Å². The van der Waals surface area contributed by atoms with E-state index in [0.29, 0.717) is 11.6 Å². The molecule has 0 fully saturated rings. The van der Waals surface area contributed by atoms with Crippen molar-refractivity contribution in [2.45, 2.75) is 0 Å². The molecule has 60 valence electrons. The maximum Gasteiger partial charge on any atom is 0.246 e. The van der Waals surface area contributed by atoms with E-state index in [1.165, 1.54) is 0 Å². The Kier molecular flexibility index (Phi) is 1.65. The average molecular weight is 162 g/mol. The Morgan fingerprint density at radius 3 is 3.00 bits per heavy atom. The van der Waals surface area contributed by atoms with Crippen LogP contribution in [-0.4, -0.2) is 20.2 Å². The van der Waals surface area contributed by atoms with Gasteiger partial charge in [-0.1, -0.05) is 0 Å². The maximum absolute atomic E-state index is 3.87. The topological polar surface area (TPSA) is 82.1 Å². The third-order valence-electron chi connectivity index (χ3n) is 1.23. The Hall–Kier alpha value is -1.98. The number of nitrogens with one attached hydrogen (secondary N) is 2. The molecule has 2 N–H and O–H groups in total. The molecule has 2 rings (SSSR count). The van der Waals surface area contributed by atoms with Crippen LogP contribution in [0.3, 0.4) is 0 Å². The van der Waals surface area contributed by atoms with Crippen LogP contribution in [0.5, 0.6) is 0 Å². The highest BCUT2D eigenvalue weighted by molar-refractivity contribution is 5.29. The smallest absolute Gasteiger partial charge is 0.246 e. The Balaban J connectivity index is 2.14. The van der Waals surface area contributed by atoms with Gasteiger partial charge in [0.15, 0.2) is 0 Å². The minimum atomic E-state index is 0.483. The number of aromatic amines is 2. The molecule has 2 aromatic rings. The van der Waals surface area contributed by atoms with Gasteiger partial charge < -0.3 is 4.98 Å². The summed E-state index contributed by atoms with van der Waals surface area (Å²) in [5, 5.41) is 14.0. The first-order valence-electron chi connectivity index (χ1n) is 3.35. The van der Waals surface area contributed by atoms with Crippen molar-refractivity contribution in [1.29, 1.82) is 0 Å². The lowest BCUT2D eigenvalue weighted by molar-refractivity contribution is 1.09. The van der Waals surface area contributed by atoms with Crippen LogP contribution in [0.2, 0.25) is 0 Å². The summed E-state index contributed by atoms with van der Waals surface area (Å²) in [5.74, 6) is 0.483. The third-order valence-corrected chi connectivity index (χ3v) is 1.23. The molecule has 2 aromatic heterocycles. The average Bonchev–Trinajstić information content (AvgIpc) is 2.74. The van der Waals surface area contributed by atoms with Crippen molar-refractivity contribution in [2.24, 2.45) is 10.2 Å². The van der Waals surface area contributed by atoms with Crippen molar-refractivity contribution < 1.29 is 0 Å². The van der Waals surface area contributed by atoms with Gasteiger partial charge in [-0.25, -0.2) is 4.98 Å². The van der Waals surface area contributed by atoms with Gasteiger partial charge in [0.1, 0.15) is 5.69 Å². The van der Waals surface area contributed by atoms with Gasteiger partial charge in [0.25, 0.3) is 0 Å². The lowest BCUT2D eigenvalue weighted by Gasteiger charge is -1.80. The number of H-pyrrole nitrogens is 2. The third kappa shape index (κ3) is 1.36. The number of imidazole rings is 1. The second-order valence-electron chi connectivity index (χ2n) is 2.07. The summed E-state index contributed by atoms with van der Waals surface area (Å²) in [6.07, 6.45) is 6.52. The van der Waals surface area contributed by atoms with Crippen molar-refractivity contribution in [3.63, 3.8) is 0 Å². The van der Waals surface area contributed by atoms with Gasteiger partial charge in [-0.05, 0) is 0 Å². The number of hydrogen-bond acceptors (Lipinski definition) is 4. The highest BCUT2D eigenvalue weighted by Crippen LogP contribution is 2.11. The summed E-state index contributed by atoms with van der Waals surface area (Å²) in [7, 11) is 0. The van der Waals surface area contributed by atoms with Crippen LogP contribution in [0.4, 0.5) is 11.6 Å². The highest BCUT2D eigenvalue weighted by atomic mass is 15.2. The first-order valence-corrected chi connectivity index (χ1v) is 3.35. The van der Waals surface area contributed by atoms with E-state index < -0.39 is 0 Å². The highest BCUT2D eigenvalue weighted by Gasteiger charge is 1.90. The Morgan fingerprint density at radius 2 is 2.33 bits per heavy atom. The van der Waals surface area contributed by atoms with E-state index in [4.69, 9.17) is 0 Å². The summed E-state index contributed by atoms with van der Waals surface area (Å²) in [5.41, 5.74) is 0.673. The Labute approximate surface area is 67.8 Å². The fraction of sp³-hybridized carbons (Fsp3) is 0. The molecule has 0 aromatic carbocycles. The lowest BCUT2D eigenvalue weighted by Crippen LogP contribution is -1.61. The first-order chi connectivity index (χ1) is 5.95. The molecule has 2 heterocycles. The molecule has 6 nitrogen and oxygen atoms in total. The zero-order valence-electron chi connectivity index (χ0n) is 6.10. The summed E-state index contributed by atoms with van der Waals surface area (Å²) in [6, 6.07) is 0. The van der Waals surface area contributed by atoms with E-state index >= 15 is 0 Å². The minimum absolute atomic E-state index is 0.483. The van der Waals surface area contributed by atoms with Crippen LogP contribution in [0.15, 0.2) is 35.0 Å². The van der Waals surface area contributed by atoms with E-state index in [-0.39, 0.29) is 0 Å². The van der Waals surface area contributed by atoms with Crippen molar-refractivity contribution in [2.75, 3.05) is 0 Å². The van der Waals surface area contributed by atoms with Crippen LogP contribution in [0.1, 0.15) is 0 Å². The van der Waals surface area contributed by atoms with Crippen LogP contribution in [0, 0.1) is 0 Å². The Bertz CT molecular complexity index is 309. The monoisotopic (exact) mass is 162 g/mol. The van der Waals surface area contributed by atoms with Gasteiger partial charge in [0.05, 0.1) is 6.20 Å². The van der Waals surface area contributed by atoms with E-state index in [1.54, 1.807) is 24.8 Å². The molecule has 0 aliphatic heterocycles. The van der Waals surface area contributed by atoms with Gasteiger partial charge in [-0.2, -0.15) is 5.10 Å². The largest absolute Gasteiger partial charge is 0.328 e. The zero-order valence-corrected chi connectivity index (χ0v) is 6.10.